The first-order chi connectivity index (χ1) is 11.7. The van der Waals surface area contributed by atoms with Crippen LogP contribution in [0.2, 0.25) is 0 Å². The van der Waals surface area contributed by atoms with Gasteiger partial charge in [0, 0.05) is 32.3 Å². The molecule has 24 heavy (non-hydrogen) atoms. The van der Waals surface area contributed by atoms with Gasteiger partial charge in [-0.05, 0) is 80.1 Å². The molecule has 4 saturated carbocycles. The van der Waals surface area contributed by atoms with Crippen molar-refractivity contribution in [2.45, 2.75) is 44.9 Å². The van der Waals surface area contributed by atoms with Crippen LogP contribution in [0.15, 0.2) is 12.4 Å². The minimum Gasteiger partial charge on any atom is -0.342 e. The van der Waals surface area contributed by atoms with E-state index in [1.54, 1.807) is 0 Å². The van der Waals surface area contributed by atoms with E-state index >= 15 is 0 Å². The monoisotopic (exact) mass is 327 g/mol. The quantitative estimate of drug-likeness (QED) is 0.856. The summed E-state index contributed by atoms with van der Waals surface area (Å²) in [7, 11) is 1.97. The number of aryl methyl sites for hydroxylation is 1. The van der Waals surface area contributed by atoms with Crippen LogP contribution in [0.3, 0.4) is 0 Å². The Balaban J connectivity index is 1.24. The highest BCUT2D eigenvalue weighted by atomic mass is 16.2. The number of carbonyl (C=O) groups is 1. The van der Waals surface area contributed by atoms with Gasteiger partial charge in [-0.3, -0.25) is 9.48 Å². The number of likely N-dealkylation sites (tertiary alicyclic amines) is 1. The molecular weight excluding hydrogens is 298 g/mol. The van der Waals surface area contributed by atoms with E-state index in [4.69, 9.17) is 0 Å². The van der Waals surface area contributed by atoms with Crippen molar-refractivity contribution in [2.24, 2.45) is 42.6 Å². The Bertz CT molecular complexity index is 609. The summed E-state index contributed by atoms with van der Waals surface area (Å²) in [6.45, 7) is 1.95. The van der Waals surface area contributed by atoms with Gasteiger partial charge in [0.05, 0.1) is 6.20 Å². The summed E-state index contributed by atoms with van der Waals surface area (Å²) in [5.41, 5.74) is 1.31. The molecule has 1 saturated heterocycles. The van der Waals surface area contributed by atoms with Gasteiger partial charge < -0.3 is 4.90 Å². The largest absolute Gasteiger partial charge is 0.342 e. The number of rotatable bonds is 3. The third kappa shape index (κ3) is 2.49. The normalized spacial score (nSPS) is 40.5. The summed E-state index contributed by atoms with van der Waals surface area (Å²) in [6, 6.07) is 0. The van der Waals surface area contributed by atoms with E-state index in [0.717, 1.165) is 37.8 Å². The Kier molecular flexibility index (Phi) is 3.50. The molecule has 0 unspecified atom stereocenters. The minimum absolute atomic E-state index is 0.370. The molecule has 4 heteroatoms. The van der Waals surface area contributed by atoms with Gasteiger partial charge in [-0.1, -0.05) is 0 Å². The van der Waals surface area contributed by atoms with Gasteiger partial charge in [0.2, 0.25) is 5.91 Å². The highest BCUT2D eigenvalue weighted by Gasteiger charge is 2.51. The van der Waals surface area contributed by atoms with E-state index in [9.17, 15) is 4.79 Å². The maximum Gasteiger partial charge on any atom is 0.226 e. The van der Waals surface area contributed by atoms with Gasteiger partial charge in [0.15, 0.2) is 0 Å². The van der Waals surface area contributed by atoms with Crippen molar-refractivity contribution in [2.75, 3.05) is 13.1 Å². The van der Waals surface area contributed by atoms with Gasteiger partial charge >= 0.3 is 0 Å². The second kappa shape index (κ2) is 5.60. The third-order valence-corrected chi connectivity index (χ3v) is 7.39. The summed E-state index contributed by atoms with van der Waals surface area (Å²) in [5, 5.41) is 4.27. The molecule has 0 aromatic carbocycles. The molecule has 1 aromatic rings. The SMILES string of the molecule is Cn1cc(C[C@@H]2CCN(C(=O)C3C4CC5CC(C4)CC3C5)C2)cn1. The van der Waals surface area contributed by atoms with Gasteiger partial charge in [0.25, 0.3) is 0 Å². The van der Waals surface area contributed by atoms with Crippen LogP contribution in [0.5, 0.6) is 0 Å². The topological polar surface area (TPSA) is 38.1 Å². The Morgan fingerprint density at radius 3 is 2.50 bits per heavy atom. The number of amides is 1. The fraction of sp³-hybridized carbons (Fsp3) is 0.800. The fourth-order valence-electron chi connectivity index (χ4n) is 6.65. The molecule has 1 aliphatic heterocycles. The van der Waals surface area contributed by atoms with Crippen LogP contribution in [0.1, 0.15) is 44.1 Å². The fourth-order valence-corrected chi connectivity index (χ4v) is 6.65. The zero-order valence-electron chi connectivity index (χ0n) is 14.7. The van der Waals surface area contributed by atoms with Crippen molar-refractivity contribution in [3.8, 4) is 0 Å². The molecule has 130 valence electrons. The molecule has 4 bridgehead atoms. The zero-order chi connectivity index (χ0) is 16.3. The summed E-state index contributed by atoms with van der Waals surface area (Å²) in [4.78, 5) is 15.5. The van der Waals surface area contributed by atoms with E-state index in [1.165, 1.54) is 37.7 Å². The van der Waals surface area contributed by atoms with Crippen molar-refractivity contribution < 1.29 is 4.79 Å². The van der Waals surface area contributed by atoms with E-state index < -0.39 is 0 Å². The lowest BCUT2D eigenvalue weighted by Gasteiger charge is -2.54. The summed E-state index contributed by atoms with van der Waals surface area (Å²) in [5.74, 6) is 4.83. The van der Waals surface area contributed by atoms with Crippen molar-refractivity contribution >= 4 is 5.91 Å². The molecule has 1 aromatic heterocycles. The molecule has 0 spiro atoms. The number of hydrogen-bond donors (Lipinski definition) is 0. The highest BCUT2D eigenvalue weighted by molar-refractivity contribution is 5.80. The van der Waals surface area contributed by atoms with Crippen LogP contribution < -0.4 is 0 Å². The second-order valence-electron chi connectivity index (χ2n) is 9.12. The van der Waals surface area contributed by atoms with Crippen molar-refractivity contribution in [3.63, 3.8) is 0 Å². The van der Waals surface area contributed by atoms with Crippen LogP contribution in [0.25, 0.3) is 0 Å². The molecule has 5 fully saturated rings. The van der Waals surface area contributed by atoms with E-state index in [1.807, 2.05) is 17.9 Å². The van der Waals surface area contributed by atoms with Gasteiger partial charge in [0.1, 0.15) is 0 Å². The smallest absolute Gasteiger partial charge is 0.226 e. The van der Waals surface area contributed by atoms with Crippen LogP contribution in [-0.2, 0) is 18.3 Å². The summed E-state index contributed by atoms with van der Waals surface area (Å²) in [6.07, 6.45) is 13.2. The lowest BCUT2D eigenvalue weighted by atomic mass is 9.51. The number of nitrogens with zero attached hydrogens (tertiary/aromatic N) is 3. The molecule has 1 atom stereocenters. The first kappa shape index (κ1) is 15.0. The molecule has 0 radical (unpaired) electrons. The van der Waals surface area contributed by atoms with E-state index in [2.05, 4.69) is 16.2 Å². The average Bonchev–Trinajstić information content (AvgIpc) is 3.16. The third-order valence-electron chi connectivity index (χ3n) is 7.39. The Labute approximate surface area is 144 Å². The zero-order valence-corrected chi connectivity index (χ0v) is 14.7. The molecular formula is C20H29N3O. The molecule has 2 heterocycles. The van der Waals surface area contributed by atoms with Gasteiger partial charge in [-0.25, -0.2) is 0 Å². The van der Waals surface area contributed by atoms with Crippen molar-refractivity contribution in [1.29, 1.82) is 0 Å². The summed E-state index contributed by atoms with van der Waals surface area (Å²) < 4.78 is 1.88. The summed E-state index contributed by atoms with van der Waals surface area (Å²) >= 11 is 0. The molecule has 0 N–H and O–H groups in total. The van der Waals surface area contributed by atoms with E-state index in [-0.39, 0.29) is 0 Å². The first-order valence-electron chi connectivity index (χ1n) is 9.92. The van der Waals surface area contributed by atoms with Gasteiger partial charge in [-0.2, -0.15) is 5.10 Å². The van der Waals surface area contributed by atoms with Crippen LogP contribution in [0, 0.1) is 35.5 Å². The predicted octanol–water partition coefficient (Wildman–Crippen LogP) is 2.88. The van der Waals surface area contributed by atoms with Crippen molar-refractivity contribution in [1.82, 2.24) is 14.7 Å². The minimum atomic E-state index is 0.370. The molecule has 6 rings (SSSR count). The van der Waals surface area contributed by atoms with Gasteiger partial charge in [-0.15, -0.1) is 0 Å². The average molecular weight is 327 g/mol. The standard InChI is InChI=1S/C20H29N3O/c1-22-11-16(10-21-22)4-13-2-3-23(12-13)20(24)19-17-6-14-5-15(8-17)9-18(19)7-14/h10-11,13-15,17-19H,2-9,12H2,1H3/t13-,14?,15?,17?,18?,19?/m0/s1. The lowest BCUT2D eigenvalue weighted by Crippen LogP contribution is -2.51. The highest BCUT2D eigenvalue weighted by Crippen LogP contribution is 2.57. The predicted molar refractivity (Wildman–Crippen MR) is 92.1 cm³/mol. The number of carbonyl (C=O) groups excluding carboxylic acids is 1. The number of hydrogen-bond acceptors (Lipinski definition) is 2. The van der Waals surface area contributed by atoms with E-state index in [0.29, 0.717) is 29.6 Å². The van der Waals surface area contributed by atoms with Crippen molar-refractivity contribution in [3.05, 3.63) is 18.0 Å². The molecule has 4 aliphatic carbocycles. The Morgan fingerprint density at radius 1 is 1.17 bits per heavy atom. The lowest BCUT2D eigenvalue weighted by molar-refractivity contribution is -0.148. The molecule has 5 aliphatic rings. The molecule has 4 nitrogen and oxygen atoms in total. The first-order valence-corrected chi connectivity index (χ1v) is 9.92. The Morgan fingerprint density at radius 2 is 1.88 bits per heavy atom. The Hall–Kier alpha value is -1.32. The molecule has 1 amide bonds. The maximum absolute atomic E-state index is 13.2. The van der Waals surface area contributed by atoms with Crippen LogP contribution in [-0.4, -0.2) is 33.7 Å². The maximum atomic E-state index is 13.2. The van der Waals surface area contributed by atoms with Crippen LogP contribution in [0.4, 0.5) is 0 Å². The van der Waals surface area contributed by atoms with Crippen LogP contribution >= 0.6 is 0 Å². The second-order valence-corrected chi connectivity index (χ2v) is 9.12. The number of aromatic nitrogens is 2.